The molecular formula is C6H9I2N3PdS. The first kappa shape index (κ1) is 19.7. The first-order valence-corrected chi connectivity index (χ1v) is 3.35. The van der Waals surface area contributed by atoms with Gasteiger partial charge in [-0.1, -0.05) is 0 Å². The van der Waals surface area contributed by atoms with E-state index in [1.54, 1.807) is 4.68 Å². The van der Waals surface area contributed by atoms with Crippen molar-refractivity contribution in [3.05, 3.63) is 17.5 Å². The molecule has 0 radical (unpaired) electrons. The van der Waals surface area contributed by atoms with Crippen molar-refractivity contribution in [2.75, 3.05) is 0 Å². The number of rotatable bonds is 0. The number of nitrogens with two attached hydrogens (primary N) is 1. The van der Waals surface area contributed by atoms with Crippen molar-refractivity contribution in [3.63, 3.8) is 0 Å². The molecular weight excluding hydrogens is 506 g/mol. The summed E-state index contributed by atoms with van der Waals surface area (Å²) in [4.78, 5) is 0. The van der Waals surface area contributed by atoms with Crippen molar-refractivity contribution >= 4 is 17.3 Å². The average Bonchev–Trinajstić information content (AvgIpc) is 2.10. The SMILES string of the molecule is Cc1cc(C)n(C(N)=S)n1.[I-].[I-].[Pd+2]. The molecule has 7 heteroatoms. The number of hydrogen-bond donors (Lipinski definition) is 1. The summed E-state index contributed by atoms with van der Waals surface area (Å²) in [6.45, 7) is 3.82. The Hall–Kier alpha value is 1.22. The van der Waals surface area contributed by atoms with E-state index in [-0.39, 0.29) is 68.4 Å². The molecule has 0 bridgehead atoms. The van der Waals surface area contributed by atoms with Crippen molar-refractivity contribution in [2.24, 2.45) is 5.73 Å². The predicted molar refractivity (Wildman–Crippen MR) is 43.9 cm³/mol. The van der Waals surface area contributed by atoms with Gasteiger partial charge in [0.1, 0.15) is 0 Å². The molecule has 0 saturated carbocycles. The Labute approximate surface area is 131 Å². The third kappa shape index (κ3) is 5.61. The third-order valence-electron chi connectivity index (χ3n) is 1.22. The Morgan fingerprint density at radius 3 is 2.08 bits per heavy atom. The van der Waals surface area contributed by atoms with Crippen LogP contribution in [0.4, 0.5) is 0 Å². The second-order valence-electron chi connectivity index (χ2n) is 2.18. The van der Waals surface area contributed by atoms with Gasteiger partial charge in [-0.3, -0.25) is 0 Å². The molecule has 0 aliphatic carbocycles. The van der Waals surface area contributed by atoms with Gasteiger partial charge >= 0.3 is 20.4 Å². The standard InChI is InChI=1S/C6H9N3S.2HI.Pd/c1-4-3-5(2)9(8-4)6(7)10;;;/h3H,1-2H3,(H2,7,10);2*1H;/q;;;+2/p-2. The molecule has 13 heavy (non-hydrogen) atoms. The minimum absolute atomic E-state index is 0. The summed E-state index contributed by atoms with van der Waals surface area (Å²) in [7, 11) is 0. The van der Waals surface area contributed by atoms with Crippen LogP contribution in [0.1, 0.15) is 11.4 Å². The van der Waals surface area contributed by atoms with E-state index in [9.17, 15) is 0 Å². The van der Waals surface area contributed by atoms with E-state index in [0.29, 0.717) is 5.11 Å². The first-order chi connectivity index (χ1) is 4.61. The fourth-order valence-corrected chi connectivity index (χ4v) is 1.04. The molecule has 0 unspecified atom stereocenters. The zero-order valence-electron chi connectivity index (χ0n) is 7.03. The van der Waals surface area contributed by atoms with E-state index >= 15 is 0 Å². The fourth-order valence-electron chi connectivity index (χ4n) is 0.852. The van der Waals surface area contributed by atoms with Gasteiger partial charge in [0.25, 0.3) is 0 Å². The van der Waals surface area contributed by atoms with Gasteiger partial charge in [-0.15, -0.1) is 0 Å². The van der Waals surface area contributed by atoms with Crippen molar-refractivity contribution in [3.8, 4) is 0 Å². The van der Waals surface area contributed by atoms with Crippen LogP contribution < -0.4 is 53.7 Å². The smallest absolute Gasteiger partial charge is 1.00 e. The second kappa shape index (κ2) is 8.52. The number of aryl methyl sites for hydroxylation is 2. The van der Waals surface area contributed by atoms with Crippen LogP contribution in [-0.2, 0) is 20.4 Å². The zero-order valence-corrected chi connectivity index (χ0v) is 13.7. The Bertz CT molecular complexity index is 277. The van der Waals surface area contributed by atoms with Crippen molar-refractivity contribution in [1.82, 2.24) is 9.78 Å². The van der Waals surface area contributed by atoms with Gasteiger partial charge < -0.3 is 53.7 Å². The van der Waals surface area contributed by atoms with E-state index in [0.717, 1.165) is 11.4 Å². The molecule has 1 aromatic rings. The van der Waals surface area contributed by atoms with Crippen molar-refractivity contribution < 1.29 is 68.4 Å². The van der Waals surface area contributed by atoms with Crippen LogP contribution in [-0.4, -0.2) is 14.9 Å². The minimum Gasteiger partial charge on any atom is -1.00 e. The number of aromatic nitrogens is 2. The van der Waals surface area contributed by atoms with Crippen LogP contribution in [0.3, 0.4) is 0 Å². The monoisotopic (exact) mass is 515 g/mol. The quantitative estimate of drug-likeness (QED) is 0.213. The average molecular weight is 515 g/mol. The molecule has 78 valence electrons. The molecule has 0 fully saturated rings. The van der Waals surface area contributed by atoms with Crippen molar-refractivity contribution in [1.29, 1.82) is 0 Å². The normalized spacial score (nSPS) is 7.54. The number of hydrogen-bond acceptors (Lipinski definition) is 2. The molecule has 0 aromatic carbocycles. The van der Waals surface area contributed by atoms with Crippen molar-refractivity contribution in [2.45, 2.75) is 13.8 Å². The van der Waals surface area contributed by atoms with Gasteiger partial charge in [0.05, 0.1) is 5.69 Å². The molecule has 3 nitrogen and oxygen atoms in total. The fraction of sp³-hybridized carbons (Fsp3) is 0.333. The molecule has 0 aliphatic heterocycles. The van der Waals surface area contributed by atoms with E-state index in [2.05, 4.69) is 5.10 Å². The van der Waals surface area contributed by atoms with Crippen LogP contribution in [0.2, 0.25) is 0 Å². The first-order valence-electron chi connectivity index (χ1n) is 2.94. The molecule has 0 spiro atoms. The molecule has 1 aromatic heterocycles. The maximum absolute atomic E-state index is 5.36. The Morgan fingerprint density at radius 1 is 1.46 bits per heavy atom. The second-order valence-corrected chi connectivity index (χ2v) is 2.60. The number of halogens is 2. The Balaban J connectivity index is -0.000000333. The van der Waals surface area contributed by atoms with Crippen LogP contribution in [0.25, 0.3) is 0 Å². The zero-order chi connectivity index (χ0) is 7.72. The van der Waals surface area contributed by atoms with Gasteiger partial charge in [0, 0.05) is 5.69 Å². The minimum atomic E-state index is 0. The van der Waals surface area contributed by atoms with Gasteiger partial charge in [-0.05, 0) is 32.1 Å². The maximum Gasteiger partial charge on any atom is 2.00 e. The van der Waals surface area contributed by atoms with E-state index in [1.807, 2.05) is 19.9 Å². The number of nitrogens with zero attached hydrogens (tertiary/aromatic N) is 2. The summed E-state index contributed by atoms with van der Waals surface area (Å²) in [5.74, 6) is 0. The Kier molecular flexibility index (Phi) is 12.9. The molecule has 1 heterocycles. The Morgan fingerprint density at radius 2 is 1.92 bits per heavy atom. The molecule has 1 rings (SSSR count). The molecule has 0 amide bonds. The summed E-state index contributed by atoms with van der Waals surface area (Å²) in [6, 6.07) is 1.93. The summed E-state index contributed by atoms with van der Waals surface area (Å²) in [5.41, 5.74) is 7.27. The molecule has 0 aliphatic rings. The molecule has 2 N–H and O–H groups in total. The van der Waals surface area contributed by atoms with Gasteiger partial charge in [-0.2, -0.15) is 5.10 Å². The van der Waals surface area contributed by atoms with Gasteiger partial charge in [0.15, 0.2) is 5.11 Å². The van der Waals surface area contributed by atoms with Crippen LogP contribution in [0.15, 0.2) is 6.07 Å². The summed E-state index contributed by atoms with van der Waals surface area (Å²) >= 11 is 4.74. The topological polar surface area (TPSA) is 43.8 Å². The summed E-state index contributed by atoms with van der Waals surface area (Å²) in [5, 5.41) is 4.36. The summed E-state index contributed by atoms with van der Waals surface area (Å²) in [6.07, 6.45) is 0. The molecule has 0 saturated heterocycles. The largest absolute Gasteiger partial charge is 2.00 e. The van der Waals surface area contributed by atoms with Crippen LogP contribution in [0.5, 0.6) is 0 Å². The van der Waals surface area contributed by atoms with Gasteiger partial charge in [0.2, 0.25) is 0 Å². The van der Waals surface area contributed by atoms with Gasteiger partial charge in [-0.25, -0.2) is 4.68 Å². The third-order valence-corrected chi connectivity index (χ3v) is 1.39. The van der Waals surface area contributed by atoms with Crippen LogP contribution >= 0.6 is 12.2 Å². The predicted octanol–water partition coefficient (Wildman–Crippen LogP) is -5.40. The van der Waals surface area contributed by atoms with Crippen LogP contribution in [0, 0.1) is 13.8 Å². The number of thiocarbonyl (C=S) groups is 1. The molecule has 0 atom stereocenters. The maximum atomic E-state index is 5.36. The van der Waals surface area contributed by atoms with E-state index in [1.165, 1.54) is 0 Å². The van der Waals surface area contributed by atoms with E-state index < -0.39 is 0 Å². The summed E-state index contributed by atoms with van der Waals surface area (Å²) < 4.78 is 1.55. The van der Waals surface area contributed by atoms with E-state index in [4.69, 9.17) is 18.0 Å².